The van der Waals surface area contributed by atoms with E-state index >= 15 is 0 Å². The molecule has 0 aromatic heterocycles. The summed E-state index contributed by atoms with van der Waals surface area (Å²) in [6.45, 7) is 12.2. The summed E-state index contributed by atoms with van der Waals surface area (Å²) >= 11 is 0. The molecule has 0 saturated carbocycles. The number of aryl methyl sites for hydroxylation is 2. The zero-order valence-corrected chi connectivity index (χ0v) is 13.9. The molecule has 1 atom stereocenters. The van der Waals surface area contributed by atoms with Gasteiger partial charge in [-0.05, 0) is 57.0 Å². The van der Waals surface area contributed by atoms with Gasteiger partial charge in [-0.3, -0.25) is 4.79 Å². The van der Waals surface area contributed by atoms with Crippen LogP contribution in [-0.2, 0) is 4.79 Å². The Balaban J connectivity index is 2.35. The first kappa shape index (κ1) is 17.5. The van der Waals surface area contributed by atoms with Gasteiger partial charge in [0.2, 0.25) is 5.91 Å². The number of hydrogen-bond acceptors (Lipinski definition) is 3. The number of likely N-dealkylation sites (N-methyl/N-ethyl adjacent to an activating group) is 1. The zero-order valence-electron chi connectivity index (χ0n) is 13.9. The molecule has 0 radical (unpaired) electrons. The van der Waals surface area contributed by atoms with Crippen molar-refractivity contribution in [1.29, 1.82) is 0 Å². The monoisotopic (exact) mass is 292 g/mol. The lowest BCUT2D eigenvalue weighted by molar-refractivity contribution is -0.121. The van der Waals surface area contributed by atoms with Crippen LogP contribution in [-0.4, -0.2) is 31.6 Å². The predicted molar refractivity (Wildman–Crippen MR) is 86.9 cm³/mol. The second-order valence-corrected chi connectivity index (χ2v) is 5.57. The van der Waals surface area contributed by atoms with E-state index < -0.39 is 0 Å². The fourth-order valence-corrected chi connectivity index (χ4v) is 2.18. The van der Waals surface area contributed by atoms with E-state index in [0.717, 1.165) is 17.9 Å². The third kappa shape index (κ3) is 6.17. The molecule has 0 spiro atoms. The van der Waals surface area contributed by atoms with Gasteiger partial charge in [0.25, 0.3) is 0 Å². The minimum Gasteiger partial charge on any atom is -0.493 e. The van der Waals surface area contributed by atoms with Crippen LogP contribution >= 0.6 is 0 Å². The van der Waals surface area contributed by atoms with Crippen molar-refractivity contribution in [2.45, 2.75) is 47.1 Å². The largest absolute Gasteiger partial charge is 0.493 e. The third-order valence-electron chi connectivity index (χ3n) is 3.51. The van der Waals surface area contributed by atoms with Crippen molar-refractivity contribution < 1.29 is 9.53 Å². The molecule has 2 N–H and O–H groups in total. The van der Waals surface area contributed by atoms with E-state index in [2.05, 4.69) is 37.5 Å². The maximum absolute atomic E-state index is 11.7. The van der Waals surface area contributed by atoms with Gasteiger partial charge in [0.15, 0.2) is 0 Å². The lowest BCUT2D eigenvalue weighted by Crippen LogP contribution is -2.39. The SMILES string of the molecule is CCN[C@H](C)CNC(=O)CCOc1cc(C)cc(C)c1C. The summed E-state index contributed by atoms with van der Waals surface area (Å²) in [5, 5.41) is 6.17. The van der Waals surface area contributed by atoms with Crippen LogP contribution in [0.3, 0.4) is 0 Å². The quantitative estimate of drug-likeness (QED) is 0.774. The van der Waals surface area contributed by atoms with E-state index in [1.165, 1.54) is 11.1 Å². The molecule has 4 heteroatoms. The molecular weight excluding hydrogens is 264 g/mol. The van der Waals surface area contributed by atoms with Crippen LogP contribution in [0.2, 0.25) is 0 Å². The number of carbonyl (C=O) groups excluding carboxylic acids is 1. The van der Waals surface area contributed by atoms with Crippen molar-refractivity contribution in [3.8, 4) is 5.75 Å². The Labute approximate surface area is 128 Å². The Bertz CT molecular complexity index is 472. The molecule has 0 aliphatic heterocycles. The normalized spacial score (nSPS) is 12.0. The molecule has 0 fully saturated rings. The lowest BCUT2D eigenvalue weighted by atomic mass is 10.1. The standard InChI is InChI=1S/C17H28N2O2/c1-6-18-14(4)11-19-17(20)7-8-21-16-10-12(2)9-13(3)15(16)5/h9-10,14,18H,6-8,11H2,1-5H3,(H,19,20)/t14-/m1/s1. The van der Waals surface area contributed by atoms with Crippen molar-refractivity contribution in [3.63, 3.8) is 0 Å². The summed E-state index contributed by atoms with van der Waals surface area (Å²) < 4.78 is 5.75. The highest BCUT2D eigenvalue weighted by Gasteiger charge is 2.07. The van der Waals surface area contributed by atoms with Crippen LogP contribution in [0.1, 0.15) is 37.0 Å². The molecule has 0 aliphatic carbocycles. The molecule has 118 valence electrons. The maximum Gasteiger partial charge on any atom is 0.223 e. The zero-order chi connectivity index (χ0) is 15.8. The molecule has 1 aromatic rings. The first-order valence-corrected chi connectivity index (χ1v) is 7.64. The van der Waals surface area contributed by atoms with E-state index in [1.54, 1.807) is 0 Å². The number of nitrogens with one attached hydrogen (secondary N) is 2. The Kier molecular flexibility index (Phi) is 7.23. The minimum absolute atomic E-state index is 0.0294. The number of carbonyl (C=O) groups is 1. The fourth-order valence-electron chi connectivity index (χ4n) is 2.18. The summed E-state index contributed by atoms with van der Waals surface area (Å²) in [6, 6.07) is 4.45. The van der Waals surface area contributed by atoms with Gasteiger partial charge < -0.3 is 15.4 Å². The Morgan fingerprint density at radius 3 is 2.67 bits per heavy atom. The predicted octanol–water partition coefficient (Wildman–Crippen LogP) is 2.49. The number of amides is 1. The highest BCUT2D eigenvalue weighted by Crippen LogP contribution is 2.23. The van der Waals surface area contributed by atoms with Crippen LogP contribution in [0.5, 0.6) is 5.75 Å². The molecule has 1 rings (SSSR count). The van der Waals surface area contributed by atoms with E-state index in [9.17, 15) is 4.79 Å². The van der Waals surface area contributed by atoms with Crippen molar-refractivity contribution in [3.05, 3.63) is 28.8 Å². The van der Waals surface area contributed by atoms with Gasteiger partial charge in [-0.2, -0.15) is 0 Å². The lowest BCUT2D eigenvalue weighted by Gasteiger charge is -2.14. The van der Waals surface area contributed by atoms with Gasteiger partial charge in [-0.25, -0.2) is 0 Å². The van der Waals surface area contributed by atoms with Crippen molar-refractivity contribution in [1.82, 2.24) is 10.6 Å². The summed E-state index contributed by atoms with van der Waals surface area (Å²) in [7, 11) is 0. The minimum atomic E-state index is 0.0294. The molecule has 0 aliphatic rings. The summed E-state index contributed by atoms with van der Waals surface area (Å²) in [5.74, 6) is 0.906. The fraction of sp³-hybridized carbons (Fsp3) is 0.588. The van der Waals surface area contributed by atoms with Crippen LogP contribution < -0.4 is 15.4 Å². The summed E-state index contributed by atoms with van der Waals surface area (Å²) in [6.07, 6.45) is 0.380. The molecule has 0 heterocycles. The summed E-state index contributed by atoms with van der Waals surface area (Å²) in [4.78, 5) is 11.7. The van der Waals surface area contributed by atoms with Crippen molar-refractivity contribution in [2.24, 2.45) is 0 Å². The Hall–Kier alpha value is -1.55. The molecule has 0 unspecified atom stereocenters. The van der Waals surface area contributed by atoms with E-state index in [0.29, 0.717) is 25.6 Å². The second kappa shape index (κ2) is 8.67. The van der Waals surface area contributed by atoms with Crippen molar-refractivity contribution >= 4 is 5.91 Å². The molecule has 21 heavy (non-hydrogen) atoms. The van der Waals surface area contributed by atoms with Crippen molar-refractivity contribution in [2.75, 3.05) is 19.7 Å². The highest BCUT2D eigenvalue weighted by atomic mass is 16.5. The van der Waals surface area contributed by atoms with Gasteiger partial charge >= 0.3 is 0 Å². The average molecular weight is 292 g/mol. The summed E-state index contributed by atoms with van der Waals surface area (Å²) in [5.41, 5.74) is 3.53. The van der Waals surface area contributed by atoms with Gasteiger partial charge in [0, 0.05) is 12.6 Å². The number of rotatable bonds is 8. The van der Waals surface area contributed by atoms with Crippen LogP contribution in [0.4, 0.5) is 0 Å². The molecule has 1 aromatic carbocycles. The van der Waals surface area contributed by atoms with E-state index in [4.69, 9.17) is 4.74 Å². The van der Waals surface area contributed by atoms with Gasteiger partial charge in [0.05, 0.1) is 13.0 Å². The molecule has 4 nitrogen and oxygen atoms in total. The number of hydrogen-bond donors (Lipinski definition) is 2. The topological polar surface area (TPSA) is 50.4 Å². The first-order chi connectivity index (χ1) is 9.93. The molecule has 1 amide bonds. The highest BCUT2D eigenvalue weighted by molar-refractivity contribution is 5.76. The molecule has 0 bridgehead atoms. The van der Waals surface area contributed by atoms with E-state index in [1.807, 2.05) is 19.9 Å². The second-order valence-electron chi connectivity index (χ2n) is 5.57. The van der Waals surface area contributed by atoms with Gasteiger partial charge in [0.1, 0.15) is 5.75 Å². The Morgan fingerprint density at radius 2 is 2.00 bits per heavy atom. The van der Waals surface area contributed by atoms with Crippen LogP contribution in [0, 0.1) is 20.8 Å². The molecular formula is C17H28N2O2. The van der Waals surface area contributed by atoms with Crippen LogP contribution in [0.25, 0.3) is 0 Å². The first-order valence-electron chi connectivity index (χ1n) is 7.64. The van der Waals surface area contributed by atoms with Gasteiger partial charge in [-0.15, -0.1) is 0 Å². The smallest absolute Gasteiger partial charge is 0.223 e. The molecule has 0 saturated heterocycles. The number of ether oxygens (including phenoxy) is 1. The maximum atomic E-state index is 11.7. The van der Waals surface area contributed by atoms with E-state index in [-0.39, 0.29) is 5.91 Å². The number of benzene rings is 1. The van der Waals surface area contributed by atoms with Gasteiger partial charge in [-0.1, -0.05) is 13.0 Å². The average Bonchev–Trinajstić information content (AvgIpc) is 2.42. The third-order valence-corrected chi connectivity index (χ3v) is 3.51. The van der Waals surface area contributed by atoms with Crippen LogP contribution in [0.15, 0.2) is 12.1 Å². The Morgan fingerprint density at radius 1 is 1.29 bits per heavy atom.